The summed E-state index contributed by atoms with van der Waals surface area (Å²) in [6.45, 7) is 0.321. The van der Waals surface area contributed by atoms with Crippen LogP contribution in [0, 0.1) is 6.92 Å². The molecule has 5 nitrogen and oxygen atoms in total. The second kappa shape index (κ2) is 8.85. The second-order valence-corrected chi connectivity index (χ2v) is 5.35. The highest BCUT2D eigenvalue weighted by Crippen LogP contribution is 2.20. The minimum Gasteiger partial charge on any atom is -0.394 e. The van der Waals surface area contributed by atoms with Gasteiger partial charge in [-0.25, -0.2) is 0 Å². The van der Waals surface area contributed by atoms with Crippen LogP contribution in [0.15, 0.2) is 24.3 Å². The number of nitrogens with zero attached hydrogens (tertiary/aromatic N) is 1. The van der Waals surface area contributed by atoms with E-state index in [0.29, 0.717) is 5.69 Å². The Morgan fingerprint density at radius 1 is 1.39 bits per heavy atom. The van der Waals surface area contributed by atoms with E-state index in [2.05, 4.69) is 5.32 Å². The molecular formula is C15H21F3N2O3. The van der Waals surface area contributed by atoms with E-state index in [9.17, 15) is 23.1 Å². The van der Waals surface area contributed by atoms with E-state index < -0.39 is 37.8 Å². The van der Waals surface area contributed by atoms with Gasteiger partial charge in [-0.1, -0.05) is 12.1 Å². The molecule has 0 aliphatic heterocycles. The number of alkyl halides is 3. The number of carbonyl (C=O) groups excluding carboxylic acids is 1. The van der Waals surface area contributed by atoms with Crippen molar-refractivity contribution in [3.63, 3.8) is 0 Å². The predicted octanol–water partition coefficient (Wildman–Crippen LogP) is 1.54. The molecule has 0 aliphatic carbocycles. The first-order chi connectivity index (χ1) is 10.7. The van der Waals surface area contributed by atoms with E-state index in [0.717, 1.165) is 5.56 Å². The molecule has 1 rings (SSSR count). The van der Waals surface area contributed by atoms with Crippen molar-refractivity contribution in [2.45, 2.75) is 25.6 Å². The van der Waals surface area contributed by atoms with Crippen LogP contribution in [0.5, 0.6) is 0 Å². The van der Waals surface area contributed by atoms with Crippen molar-refractivity contribution in [2.24, 2.45) is 0 Å². The van der Waals surface area contributed by atoms with E-state index in [1.54, 1.807) is 18.2 Å². The molecule has 0 aliphatic rings. The molecule has 1 atom stereocenters. The van der Waals surface area contributed by atoms with Crippen molar-refractivity contribution in [1.82, 2.24) is 4.90 Å². The summed E-state index contributed by atoms with van der Waals surface area (Å²) < 4.78 is 37.0. The fourth-order valence-electron chi connectivity index (χ4n) is 2.00. The Kier molecular flexibility index (Phi) is 7.47. The molecule has 0 saturated carbocycles. The lowest BCUT2D eigenvalue weighted by molar-refractivity contribution is -0.140. The zero-order valence-electron chi connectivity index (χ0n) is 12.8. The van der Waals surface area contributed by atoms with Gasteiger partial charge >= 0.3 is 6.18 Å². The van der Waals surface area contributed by atoms with Crippen LogP contribution in [0.25, 0.3) is 0 Å². The molecule has 0 spiro atoms. The Morgan fingerprint density at radius 2 is 2.09 bits per heavy atom. The van der Waals surface area contributed by atoms with Gasteiger partial charge in [-0.3, -0.25) is 9.69 Å². The van der Waals surface area contributed by atoms with Gasteiger partial charge in [0.25, 0.3) is 0 Å². The van der Waals surface area contributed by atoms with Crippen LogP contribution in [0.3, 0.4) is 0 Å². The zero-order chi connectivity index (χ0) is 17.5. The van der Waals surface area contributed by atoms with Crippen LogP contribution in [-0.4, -0.2) is 59.5 Å². The maximum Gasteiger partial charge on any atom is 0.390 e. The van der Waals surface area contributed by atoms with Gasteiger partial charge in [0.05, 0.1) is 25.7 Å². The highest BCUT2D eigenvalue weighted by Gasteiger charge is 2.28. The highest BCUT2D eigenvalue weighted by molar-refractivity contribution is 5.92. The molecular weight excluding hydrogens is 313 g/mol. The van der Waals surface area contributed by atoms with Crippen molar-refractivity contribution in [1.29, 1.82) is 0 Å². The molecule has 1 aromatic rings. The summed E-state index contributed by atoms with van der Waals surface area (Å²) in [5.41, 5.74) is 1.49. The topological polar surface area (TPSA) is 72.8 Å². The van der Waals surface area contributed by atoms with Crippen molar-refractivity contribution in [3.8, 4) is 0 Å². The summed E-state index contributed by atoms with van der Waals surface area (Å²) in [4.78, 5) is 13.1. The maximum atomic E-state index is 12.3. The van der Waals surface area contributed by atoms with Crippen LogP contribution < -0.4 is 5.32 Å². The zero-order valence-corrected chi connectivity index (χ0v) is 12.8. The lowest BCUT2D eigenvalue weighted by atomic mass is 10.2. The quantitative estimate of drug-likeness (QED) is 0.674. The lowest BCUT2D eigenvalue weighted by Crippen LogP contribution is -2.41. The van der Waals surface area contributed by atoms with E-state index in [4.69, 9.17) is 5.11 Å². The number of aryl methyl sites for hydroxylation is 1. The number of benzene rings is 1. The number of nitrogens with one attached hydrogen (secondary N) is 1. The van der Waals surface area contributed by atoms with Gasteiger partial charge in [-0.05, 0) is 24.6 Å². The number of halogens is 3. The molecule has 8 heteroatoms. The fraction of sp³-hybridized carbons (Fsp3) is 0.533. The fourth-order valence-corrected chi connectivity index (χ4v) is 2.00. The molecule has 0 aromatic heterocycles. The van der Waals surface area contributed by atoms with Gasteiger partial charge in [0, 0.05) is 18.8 Å². The van der Waals surface area contributed by atoms with Gasteiger partial charge in [0.15, 0.2) is 0 Å². The molecule has 23 heavy (non-hydrogen) atoms. The molecule has 0 heterocycles. The molecule has 0 unspecified atom stereocenters. The number of carbonyl (C=O) groups is 1. The number of rotatable bonds is 8. The number of hydrogen-bond acceptors (Lipinski definition) is 4. The Morgan fingerprint density at radius 3 is 2.65 bits per heavy atom. The number of anilines is 1. The lowest BCUT2D eigenvalue weighted by Gasteiger charge is -2.24. The van der Waals surface area contributed by atoms with Crippen LogP contribution >= 0.6 is 0 Å². The molecule has 0 bridgehead atoms. The Hall–Kier alpha value is -1.64. The summed E-state index contributed by atoms with van der Waals surface area (Å²) in [7, 11) is 0. The third-order valence-electron chi connectivity index (χ3n) is 3.06. The molecule has 1 aromatic carbocycles. The van der Waals surface area contributed by atoms with E-state index in [1.807, 2.05) is 13.0 Å². The summed E-state index contributed by atoms with van der Waals surface area (Å²) in [5, 5.41) is 20.8. The van der Waals surface area contributed by atoms with Gasteiger partial charge in [0.2, 0.25) is 5.91 Å². The normalized spacial score (nSPS) is 13.2. The number of amides is 1. The summed E-state index contributed by atoms with van der Waals surface area (Å²) >= 11 is 0. The molecule has 0 saturated heterocycles. The molecule has 0 fully saturated rings. The first-order valence-corrected chi connectivity index (χ1v) is 7.14. The monoisotopic (exact) mass is 334 g/mol. The van der Waals surface area contributed by atoms with Crippen molar-refractivity contribution in [2.75, 3.05) is 31.6 Å². The highest BCUT2D eigenvalue weighted by atomic mass is 19.4. The molecule has 0 radical (unpaired) electrons. The Balaban J connectivity index is 2.61. The Bertz CT molecular complexity index is 509. The van der Waals surface area contributed by atoms with Crippen molar-refractivity contribution >= 4 is 11.6 Å². The molecule has 130 valence electrons. The number of hydrogen-bond donors (Lipinski definition) is 3. The largest absolute Gasteiger partial charge is 0.394 e. The van der Waals surface area contributed by atoms with Crippen LogP contribution in [-0.2, 0) is 4.79 Å². The SMILES string of the molecule is Cc1cccc(NC(=O)CN(CCC(F)(F)F)C[C@H](O)CO)c1. The van der Waals surface area contributed by atoms with Gasteiger partial charge in [0.1, 0.15) is 0 Å². The van der Waals surface area contributed by atoms with E-state index >= 15 is 0 Å². The van der Waals surface area contributed by atoms with Crippen LogP contribution in [0.4, 0.5) is 18.9 Å². The van der Waals surface area contributed by atoms with Crippen LogP contribution in [0.1, 0.15) is 12.0 Å². The van der Waals surface area contributed by atoms with Crippen molar-refractivity contribution in [3.05, 3.63) is 29.8 Å². The minimum atomic E-state index is -4.35. The number of aliphatic hydroxyl groups excluding tert-OH is 2. The minimum absolute atomic E-state index is 0.214. The van der Waals surface area contributed by atoms with Crippen LogP contribution in [0.2, 0.25) is 0 Å². The third-order valence-corrected chi connectivity index (χ3v) is 3.06. The summed E-state index contributed by atoms with van der Waals surface area (Å²) in [6.07, 6.45) is -6.65. The average molecular weight is 334 g/mol. The standard InChI is InChI=1S/C15H21F3N2O3/c1-11-3-2-4-12(7-11)19-14(23)9-20(8-13(22)10-21)6-5-15(16,17)18/h2-4,7,13,21-22H,5-6,8-10H2,1H3,(H,19,23)/t13-/m0/s1. The first-order valence-electron chi connectivity index (χ1n) is 7.14. The van der Waals surface area contributed by atoms with E-state index in [1.165, 1.54) is 4.90 Å². The first kappa shape index (κ1) is 19.4. The predicted molar refractivity (Wildman–Crippen MR) is 80.0 cm³/mol. The second-order valence-electron chi connectivity index (χ2n) is 5.35. The molecule has 3 N–H and O–H groups in total. The average Bonchev–Trinajstić information content (AvgIpc) is 2.43. The van der Waals surface area contributed by atoms with Gasteiger partial charge < -0.3 is 15.5 Å². The van der Waals surface area contributed by atoms with E-state index in [-0.39, 0.29) is 13.1 Å². The number of aliphatic hydroxyl groups is 2. The Labute approximate surface area is 132 Å². The van der Waals surface area contributed by atoms with Gasteiger partial charge in [-0.15, -0.1) is 0 Å². The van der Waals surface area contributed by atoms with Gasteiger partial charge in [-0.2, -0.15) is 13.2 Å². The maximum absolute atomic E-state index is 12.3. The van der Waals surface area contributed by atoms with Crippen molar-refractivity contribution < 1.29 is 28.2 Å². The summed E-state index contributed by atoms with van der Waals surface area (Å²) in [6, 6.07) is 7.01. The smallest absolute Gasteiger partial charge is 0.390 e. The molecule has 1 amide bonds. The third kappa shape index (κ3) is 8.53. The summed E-state index contributed by atoms with van der Waals surface area (Å²) in [5.74, 6) is -0.483.